The topological polar surface area (TPSA) is 157 Å². The van der Waals surface area contributed by atoms with Gasteiger partial charge >= 0.3 is 0 Å². The summed E-state index contributed by atoms with van der Waals surface area (Å²) in [5, 5.41) is 20.4. The molecule has 1 aromatic rings. The van der Waals surface area contributed by atoms with Gasteiger partial charge in [-0.1, -0.05) is 55.8 Å². The quantitative estimate of drug-likeness (QED) is 0.348. The first-order valence-electron chi connectivity index (χ1n) is 12.2. The second kappa shape index (κ2) is 12.7. The third kappa shape index (κ3) is 6.66. The van der Waals surface area contributed by atoms with Crippen LogP contribution in [0.1, 0.15) is 51.1 Å². The van der Waals surface area contributed by atoms with E-state index < -0.39 is 66.4 Å². The van der Waals surface area contributed by atoms with Crippen LogP contribution in [0.5, 0.6) is 0 Å². The van der Waals surface area contributed by atoms with Crippen LogP contribution >= 0.6 is 11.6 Å². The molecule has 3 rings (SSSR count). The summed E-state index contributed by atoms with van der Waals surface area (Å²) in [5.41, 5.74) is 0.624. The summed E-state index contributed by atoms with van der Waals surface area (Å²) < 4.78 is 0. The smallest absolute Gasteiger partial charge is 0.250 e. The summed E-state index contributed by atoms with van der Waals surface area (Å²) in [5.74, 6) is -3.05. The molecule has 1 saturated heterocycles. The molecule has 12 heteroatoms. The molecule has 0 radical (unpaired) electrons. The molecule has 2 heterocycles. The van der Waals surface area contributed by atoms with Crippen molar-refractivity contribution in [2.75, 3.05) is 6.61 Å². The molecule has 5 atom stereocenters. The predicted octanol–water partition coefficient (Wildman–Crippen LogP) is 0.195. The molecule has 0 aromatic heterocycles. The lowest BCUT2D eigenvalue weighted by atomic mass is 10.0. The number of aliphatic hydroxyl groups is 1. The van der Waals surface area contributed by atoms with E-state index >= 15 is 0 Å². The Morgan fingerprint density at radius 2 is 1.49 bits per heavy atom. The molecule has 1 aromatic carbocycles. The molecule has 2 aliphatic heterocycles. The molecule has 0 bridgehead atoms. The van der Waals surface area contributed by atoms with Crippen molar-refractivity contribution >= 4 is 41.1 Å². The highest BCUT2D eigenvalue weighted by atomic mass is 35.5. The second-order valence-corrected chi connectivity index (χ2v) is 9.29. The molecule has 0 unspecified atom stereocenters. The number of hydrogen-bond acceptors (Lipinski definition) is 6. The first kappa shape index (κ1) is 28.1. The molecule has 5 amide bonds. The average Bonchev–Trinajstić information content (AvgIpc) is 3.29. The predicted molar refractivity (Wildman–Crippen MR) is 135 cm³/mol. The van der Waals surface area contributed by atoms with Gasteiger partial charge in [0.15, 0.2) is 0 Å². The Hall–Kier alpha value is -3.44. The zero-order valence-electron chi connectivity index (χ0n) is 20.7. The molecular weight excluding hydrogens is 502 g/mol. The Bertz CT molecular complexity index is 1060. The van der Waals surface area contributed by atoms with Crippen molar-refractivity contribution in [3.63, 3.8) is 0 Å². The number of rotatable bonds is 4. The molecule has 11 nitrogen and oxygen atoms in total. The number of nitrogens with zero attached hydrogens (tertiary/aromatic N) is 1. The highest BCUT2D eigenvalue weighted by Crippen LogP contribution is 2.27. The molecule has 0 saturated carbocycles. The minimum Gasteiger partial charge on any atom is -0.394 e. The summed E-state index contributed by atoms with van der Waals surface area (Å²) in [4.78, 5) is 66.5. The highest BCUT2D eigenvalue weighted by molar-refractivity contribution is 6.31. The Balaban J connectivity index is 1.98. The van der Waals surface area contributed by atoms with Crippen molar-refractivity contribution < 1.29 is 29.1 Å². The summed E-state index contributed by atoms with van der Waals surface area (Å²) in [6.45, 7) is 2.69. The Kier molecular flexibility index (Phi) is 9.65. The minimum absolute atomic E-state index is 0.0613. The van der Waals surface area contributed by atoms with Crippen LogP contribution in [-0.2, 0) is 24.0 Å². The van der Waals surface area contributed by atoms with Crippen LogP contribution < -0.4 is 21.3 Å². The standard InChI is InChI=1S/C25H32ClN5O6/c1-3-15-22(34)30-18(13-32)23(35)29-17(14-8-6-5-7-9-14)12-21(33)27-16(4-2)25(37)31-19(24(36)28-15)10-11-20(31)26/h5-9,11,15-19,32H,3-4,10,12-13H2,1-2H3,(H,27,33)(H,28,36)(H,29,35)(H,30,34)/t15-,16-,17+,18+,19-/m1/s1. The van der Waals surface area contributed by atoms with Crippen molar-refractivity contribution in [3.8, 4) is 0 Å². The normalized spacial score (nSPS) is 28.0. The number of halogens is 1. The van der Waals surface area contributed by atoms with E-state index in [2.05, 4.69) is 21.3 Å². The van der Waals surface area contributed by atoms with Gasteiger partial charge in [-0.2, -0.15) is 0 Å². The largest absolute Gasteiger partial charge is 0.394 e. The third-order valence-corrected chi connectivity index (χ3v) is 6.73. The van der Waals surface area contributed by atoms with Crippen molar-refractivity contribution in [1.82, 2.24) is 26.2 Å². The first-order chi connectivity index (χ1) is 17.7. The van der Waals surface area contributed by atoms with Crippen LogP contribution in [0.3, 0.4) is 0 Å². The third-order valence-electron chi connectivity index (χ3n) is 6.40. The van der Waals surface area contributed by atoms with E-state index in [-0.39, 0.29) is 30.8 Å². The maximum Gasteiger partial charge on any atom is 0.250 e. The SMILES string of the molecule is CC[C@H]1NC(=O)[C@H]2CC=C(Cl)N2C(=O)[C@@H](CC)NC(=O)C[C@@H](c2ccccc2)NC(=O)[C@H](CO)NC1=O. The molecule has 200 valence electrons. The average molecular weight is 534 g/mol. The van der Waals surface area contributed by atoms with Gasteiger partial charge in [-0.25, -0.2) is 0 Å². The van der Waals surface area contributed by atoms with Gasteiger partial charge in [0.1, 0.15) is 29.3 Å². The van der Waals surface area contributed by atoms with E-state index in [1.54, 1.807) is 44.2 Å². The zero-order valence-corrected chi connectivity index (χ0v) is 21.5. The second-order valence-electron chi connectivity index (χ2n) is 8.90. The summed E-state index contributed by atoms with van der Waals surface area (Å²) in [6, 6.07) is 3.62. The maximum absolute atomic E-state index is 13.4. The zero-order chi connectivity index (χ0) is 27.1. The van der Waals surface area contributed by atoms with Crippen LogP contribution in [0.25, 0.3) is 0 Å². The van der Waals surface area contributed by atoms with Crippen LogP contribution in [0.2, 0.25) is 0 Å². The molecule has 0 aliphatic carbocycles. The first-order valence-corrected chi connectivity index (χ1v) is 12.6. The van der Waals surface area contributed by atoms with E-state index in [9.17, 15) is 29.1 Å². The molecule has 1 fully saturated rings. The number of benzene rings is 1. The van der Waals surface area contributed by atoms with Crippen molar-refractivity contribution in [2.45, 2.75) is 69.7 Å². The number of carbonyl (C=O) groups excluding carboxylic acids is 5. The lowest BCUT2D eigenvalue weighted by molar-refractivity contribution is -0.141. The van der Waals surface area contributed by atoms with Crippen LogP contribution in [0, 0.1) is 0 Å². The number of nitrogens with one attached hydrogen (secondary N) is 4. The molecule has 37 heavy (non-hydrogen) atoms. The van der Waals surface area contributed by atoms with Crippen molar-refractivity contribution in [2.24, 2.45) is 0 Å². The number of carbonyl (C=O) groups is 5. The monoisotopic (exact) mass is 533 g/mol. The lowest BCUT2D eigenvalue weighted by Crippen LogP contribution is -2.58. The van der Waals surface area contributed by atoms with Crippen molar-refractivity contribution in [3.05, 3.63) is 47.1 Å². The van der Waals surface area contributed by atoms with Gasteiger partial charge in [0, 0.05) is 0 Å². The number of amides is 5. The fraction of sp³-hybridized carbons (Fsp3) is 0.480. The molecule has 0 spiro atoms. The number of fused-ring (bicyclic) bond motifs is 1. The Morgan fingerprint density at radius 1 is 0.865 bits per heavy atom. The van der Waals surface area contributed by atoms with Crippen LogP contribution in [0.15, 0.2) is 41.6 Å². The van der Waals surface area contributed by atoms with E-state index in [4.69, 9.17) is 11.6 Å². The van der Waals surface area contributed by atoms with E-state index in [1.165, 1.54) is 6.08 Å². The van der Waals surface area contributed by atoms with E-state index in [0.29, 0.717) is 5.56 Å². The van der Waals surface area contributed by atoms with Gasteiger partial charge in [0.2, 0.25) is 23.6 Å². The molecule has 2 aliphatic rings. The van der Waals surface area contributed by atoms with Gasteiger partial charge < -0.3 is 26.4 Å². The summed E-state index contributed by atoms with van der Waals surface area (Å²) >= 11 is 6.28. The maximum atomic E-state index is 13.4. The fourth-order valence-corrected chi connectivity index (χ4v) is 4.58. The fourth-order valence-electron chi connectivity index (χ4n) is 4.29. The Labute approximate surface area is 220 Å². The van der Waals surface area contributed by atoms with Crippen molar-refractivity contribution in [1.29, 1.82) is 0 Å². The van der Waals surface area contributed by atoms with Gasteiger partial charge in [-0.15, -0.1) is 0 Å². The van der Waals surface area contributed by atoms with Crippen LogP contribution in [-0.4, -0.2) is 70.3 Å². The molecular formula is C25H32ClN5O6. The minimum atomic E-state index is -1.32. The number of aliphatic hydroxyl groups excluding tert-OH is 1. The van der Waals surface area contributed by atoms with Gasteiger partial charge in [0.05, 0.1) is 19.1 Å². The van der Waals surface area contributed by atoms with E-state index in [0.717, 1.165) is 4.90 Å². The highest BCUT2D eigenvalue weighted by Gasteiger charge is 2.40. The lowest BCUT2D eigenvalue weighted by Gasteiger charge is -2.31. The summed E-state index contributed by atoms with van der Waals surface area (Å²) in [7, 11) is 0. The number of hydrogen-bond donors (Lipinski definition) is 5. The molecule has 5 N–H and O–H groups in total. The van der Waals surface area contributed by atoms with Gasteiger partial charge in [-0.05, 0) is 30.9 Å². The summed E-state index contributed by atoms with van der Waals surface area (Å²) in [6.07, 6.45) is 1.88. The Morgan fingerprint density at radius 3 is 2.11 bits per heavy atom. The van der Waals surface area contributed by atoms with E-state index in [1.807, 2.05) is 0 Å². The van der Waals surface area contributed by atoms with Gasteiger partial charge in [0.25, 0.3) is 5.91 Å². The van der Waals surface area contributed by atoms with Gasteiger partial charge in [-0.3, -0.25) is 28.9 Å². The van der Waals surface area contributed by atoms with Crippen LogP contribution in [0.4, 0.5) is 0 Å².